The lowest BCUT2D eigenvalue weighted by atomic mass is 10.0. The van der Waals surface area contributed by atoms with Crippen molar-refractivity contribution in [1.82, 2.24) is 30.5 Å². The zero-order valence-corrected chi connectivity index (χ0v) is 21.5. The third kappa shape index (κ3) is 4.59. The van der Waals surface area contributed by atoms with Crippen LogP contribution in [0.5, 0.6) is 5.75 Å². The third-order valence-electron chi connectivity index (χ3n) is 6.33. The van der Waals surface area contributed by atoms with E-state index in [4.69, 9.17) is 4.74 Å². The van der Waals surface area contributed by atoms with Gasteiger partial charge in [0.05, 0.1) is 23.3 Å². The van der Waals surface area contributed by atoms with E-state index in [0.717, 1.165) is 56.9 Å². The van der Waals surface area contributed by atoms with E-state index in [1.54, 1.807) is 7.11 Å². The predicted octanol–water partition coefficient (Wildman–Crippen LogP) is 5.45. The summed E-state index contributed by atoms with van der Waals surface area (Å²) >= 11 is 3.64. The number of H-pyrrole nitrogens is 1. The van der Waals surface area contributed by atoms with Gasteiger partial charge in [-0.1, -0.05) is 42.5 Å². The van der Waals surface area contributed by atoms with Crippen molar-refractivity contribution >= 4 is 26.8 Å². The van der Waals surface area contributed by atoms with E-state index in [9.17, 15) is 0 Å². The highest BCUT2D eigenvalue weighted by Crippen LogP contribution is 2.31. The van der Waals surface area contributed by atoms with Crippen LogP contribution in [0.25, 0.3) is 16.6 Å². The number of aromatic nitrogens is 5. The summed E-state index contributed by atoms with van der Waals surface area (Å²) in [6.07, 6.45) is 2.95. The lowest BCUT2D eigenvalue weighted by molar-refractivity contribution is 0.411. The van der Waals surface area contributed by atoms with Crippen molar-refractivity contribution in [2.24, 2.45) is 0 Å². The molecule has 2 aromatic heterocycles. The molecule has 3 aromatic carbocycles. The number of aromatic amines is 1. The molecule has 5 aromatic rings. The lowest BCUT2D eigenvalue weighted by Crippen LogP contribution is -2.28. The number of hydrogen-bond donors (Lipinski definition) is 2. The van der Waals surface area contributed by atoms with Gasteiger partial charge in [0.1, 0.15) is 5.75 Å². The number of methoxy groups -OCH3 is 1. The molecule has 0 spiro atoms. The fourth-order valence-corrected chi connectivity index (χ4v) is 5.14. The topological polar surface area (TPSA) is 80.7 Å². The van der Waals surface area contributed by atoms with Gasteiger partial charge >= 0.3 is 0 Å². The van der Waals surface area contributed by atoms with Crippen LogP contribution < -0.4 is 10.1 Å². The number of nitrogens with zero attached hydrogens (tertiary/aromatic N) is 4. The molecule has 0 radical (unpaired) electrons. The Morgan fingerprint density at radius 3 is 2.63 bits per heavy atom. The Kier molecular flexibility index (Phi) is 6.66. The molecule has 0 bridgehead atoms. The number of rotatable bonds is 8. The molecule has 0 saturated heterocycles. The van der Waals surface area contributed by atoms with Gasteiger partial charge in [0.2, 0.25) is 0 Å². The quantitative estimate of drug-likeness (QED) is 0.278. The third-order valence-corrected chi connectivity index (χ3v) is 6.95. The molecule has 0 saturated carbocycles. The number of nitrogens with one attached hydrogen (secondary N) is 2. The number of fused-ring (bicyclic) bond motifs is 1. The molecule has 2 heterocycles. The van der Waals surface area contributed by atoms with E-state index >= 15 is 0 Å². The molecule has 7 nitrogen and oxygen atoms in total. The summed E-state index contributed by atoms with van der Waals surface area (Å²) in [6.45, 7) is 4.91. The largest absolute Gasteiger partial charge is 0.496 e. The summed E-state index contributed by atoms with van der Waals surface area (Å²) in [4.78, 5) is 3.36. The minimum absolute atomic E-state index is 0.226. The molecule has 8 heteroatoms. The average Bonchev–Trinajstić information content (AvgIpc) is 3.49. The minimum Gasteiger partial charge on any atom is -0.496 e. The first-order valence-electron chi connectivity index (χ1n) is 11.5. The number of halogens is 1. The second-order valence-corrected chi connectivity index (χ2v) is 9.43. The van der Waals surface area contributed by atoms with E-state index in [1.165, 1.54) is 10.9 Å². The summed E-state index contributed by atoms with van der Waals surface area (Å²) in [6, 6.07) is 20.4. The van der Waals surface area contributed by atoms with Crippen molar-refractivity contribution in [2.45, 2.75) is 26.3 Å². The molecule has 1 unspecified atom stereocenters. The number of benzene rings is 3. The van der Waals surface area contributed by atoms with Crippen molar-refractivity contribution in [3.8, 4) is 11.4 Å². The minimum atomic E-state index is -0.226. The lowest BCUT2D eigenvalue weighted by Gasteiger charge is -2.21. The normalized spacial score (nSPS) is 12.2. The van der Waals surface area contributed by atoms with Gasteiger partial charge in [0.25, 0.3) is 0 Å². The second kappa shape index (κ2) is 10.0. The molecule has 5 rings (SSSR count). The Morgan fingerprint density at radius 1 is 1.06 bits per heavy atom. The molecule has 0 aliphatic heterocycles. The van der Waals surface area contributed by atoms with Gasteiger partial charge in [-0.05, 0) is 87.1 Å². The van der Waals surface area contributed by atoms with Gasteiger partial charge < -0.3 is 15.0 Å². The Morgan fingerprint density at radius 2 is 1.86 bits per heavy atom. The van der Waals surface area contributed by atoms with Crippen LogP contribution in [-0.2, 0) is 6.42 Å². The molecular weight excluding hydrogens is 504 g/mol. The average molecular weight is 531 g/mol. The molecule has 0 amide bonds. The van der Waals surface area contributed by atoms with E-state index < -0.39 is 0 Å². The Balaban J connectivity index is 1.50. The van der Waals surface area contributed by atoms with E-state index in [0.29, 0.717) is 0 Å². The maximum atomic E-state index is 5.45. The Labute approximate surface area is 212 Å². The number of para-hydroxylation sites is 2. The smallest absolute Gasteiger partial charge is 0.178 e. The molecule has 0 aliphatic rings. The molecule has 1 atom stereocenters. The number of ether oxygens (including phenoxy) is 1. The summed E-state index contributed by atoms with van der Waals surface area (Å²) in [7, 11) is 1.66. The maximum absolute atomic E-state index is 5.45. The SMILES string of the molecule is COc1ccc(C(NCCc2c[nH]c3ccccc23)c2nnnn2-c2c(C)cccc2C)cc1Br. The van der Waals surface area contributed by atoms with Crippen LogP contribution in [0.15, 0.2) is 71.3 Å². The van der Waals surface area contributed by atoms with Gasteiger partial charge in [-0.15, -0.1) is 5.10 Å². The highest BCUT2D eigenvalue weighted by Gasteiger charge is 2.24. The van der Waals surface area contributed by atoms with Crippen molar-refractivity contribution < 1.29 is 4.74 Å². The number of aryl methyl sites for hydroxylation is 2. The summed E-state index contributed by atoms with van der Waals surface area (Å²) < 4.78 is 8.18. The van der Waals surface area contributed by atoms with Gasteiger partial charge in [-0.2, -0.15) is 4.68 Å². The number of tetrazole rings is 1. The first-order valence-corrected chi connectivity index (χ1v) is 12.3. The molecule has 35 heavy (non-hydrogen) atoms. The van der Waals surface area contributed by atoms with Gasteiger partial charge in [0.15, 0.2) is 5.82 Å². The van der Waals surface area contributed by atoms with Crippen LogP contribution in [0, 0.1) is 13.8 Å². The fourth-order valence-electron chi connectivity index (χ4n) is 4.58. The van der Waals surface area contributed by atoms with Crippen LogP contribution in [0.1, 0.15) is 34.1 Å². The monoisotopic (exact) mass is 530 g/mol. The first-order chi connectivity index (χ1) is 17.1. The molecule has 0 fully saturated rings. The van der Waals surface area contributed by atoms with Crippen LogP contribution in [-0.4, -0.2) is 38.8 Å². The van der Waals surface area contributed by atoms with Crippen LogP contribution in [0.2, 0.25) is 0 Å². The maximum Gasteiger partial charge on any atom is 0.178 e. The standard InChI is InChI=1S/C27H27BrN6O/c1-17-7-6-8-18(2)26(17)34-27(31-32-33-34)25(19-11-12-24(35-3)22(28)15-19)29-14-13-20-16-30-23-10-5-4-9-21(20)23/h4-12,15-16,25,29-30H,13-14H2,1-3H3. The molecule has 2 N–H and O–H groups in total. The van der Waals surface area contributed by atoms with Crippen LogP contribution >= 0.6 is 15.9 Å². The number of hydrogen-bond acceptors (Lipinski definition) is 5. The molecule has 0 aliphatic carbocycles. The first kappa shape index (κ1) is 23.3. The summed E-state index contributed by atoms with van der Waals surface area (Å²) in [5.41, 5.74) is 6.70. The van der Waals surface area contributed by atoms with E-state index in [1.807, 2.05) is 16.8 Å². The van der Waals surface area contributed by atoms with Crippen molar-refractivity contribution in [2.75, 3.05) is 13.7 Å². The zero-order chi connectivity index (χ0) is 24.4. The highest BCUT2D eigenvalue weighted by atomic mass is 79.9. The van der Waals surface area contributed by atoms with Crippen LogP contribution in [0.3, 0.4) is 0 Å². The van der Waals surface area contributed by atoms with Gasteiger partial charge in [-0.3, -0.25) is 0 Å². The molecular formula is C27H27BrN6O. The van der Waals surface area contributed by atoms with Crippen molar-refractivity contribution in [1.29, 1.82) is 0 Å². The van der Waals surface area contributed by atoms with Crippen molar-refractivity contribution in [3.63, 3.8) is 0 Å². The highest BCUT2D eigenvalue weighted by molar-refractivity contribution is 9.10. The summed E-state index contributed by atoms with van der Waals surface area (Å²) in [5, 5.41) is 17.9. The second-order valence-electron chi connectivity index (χ2n) is 8.58. The van der Waals surface area contributed by atoms with Gasteiger partial charge in [-0.25, -0.2) is 0 Å². The van der Waals surface area contributed by atoms with Crippen molar-refractivity contribution in [3.05, 3.63) is 99.4 Å². The molecule has 178 valence electrons. The zero-order valence-electron chi connectivity index (χ0n) is 19.9. The van der Waals surface area contributed by atoms with E-state index in [-0.39, 0.29) is 6.04 Å². The Hall–Kier alpha value is -3.49. The van der Waals surface area contributed by atoms with Crippen LogP contribution in [0.4, 0.5) is 0 Å². The predicted molar refractivity (Wildman–Crippen MR) is 141 cm³/mol. The Bertz CT molecular complexity index is 1450. The van der Waals surface area contributed by atoms with E-state index in [2.05, 4.69) is 110 Å². The fraction of sp³-hybridized carbons (Fsp3) is 0.222. The van der Waals surface area contributed by atoms with Gasteiger partial charge in [0, 0.05) is 23.6 Å². The summed E-state index contributed by atoms with van der Waals surface area (Å²) in [5.74, 6) is 1.51.